The topological polar surface area (TPSA) is 126 Å². The highest BCUT2D eigenvalue weighted by Gasteiger charge is 2.29. The molecule has 3 N–H and O–H groups in total. The molecule has 3 aromatic rings. The van der Waals surface area contributed by atoms with E-state index in [-0.39, 0.29) is 35.8 Å². The third-order valence-corrected chi connectivity index (χ3v) is 5.54. The fourth-order valence-electron chi connectivity index (χ4n) is 3.97. The van der Waals surface area contributed by atoms with Gasteiger partial charge in [-0.3, -0.25) is 9.79 Å². The normalized spacial score (nSPS) is 14.4. The van der Waals surface area contributed by atoms with E-state index >= 15 is 0 Å². The number of fused-ring (bicyclic) bond motifs is 1. The molecule has 0 saturated heterocycles. The molecule has 176 valence electrons. The minimum atomic E-state index is -1.78. The van der Waals surface area contributed by atoms with Crippen molar-refractivity contribution in [3.8, 4) is 11.5 Å². The second-order valence-corrected chi connectivity index (χ2v) is 7.71. The molecule has 1 unspecified atom stereocenters. The fraction of sp³-hybridized carbons (Fsp3) is 0.261. The number of aliphatic imine (C=N–C) groups is 1. The number of benzene rings is 1. The quantitative estimate of drug-likeness (QED) is 0.320. The van der Waals surface area contributed by atoms with Crippen LogP contribution in [0.1, 0.15) is 34.9 Å². The number of hydrogen-bond acceptors (Lipinski definition) is 8. The van der Waals surface area contributed by atoms with Crippen molar-refractivity contribution >= 4 is 24.2 Å². The molecule has 2 aromatic heterocycles. The number of pyridine rings is 1. The lowest BCUT2D eigenvalue weighted by atomic mass is 9.78. The van der Waals surface area contributed by atoms with Crippen molar-refractivity contribution in [2.24, 2.45) is 4.99 Å². The summed E-state index contributed by atoms with van der Waals surface area (Å²) in [4.78, 5) is 21.0. The lowest BCUT2D eigenvalue weighted by molar-refractivity contribution is -0.121. The first-order valence-corrected chi connectivity index (χ1v) is 10.5. The molecule has 11 heteroatoms. The second-order valence-electron chi connectivity index (χ2n) is 7.71. The highest BCUT2D eigenvalue weighted by molar-refractivity contribution is 6.61. The number of nitrogens with zero attached hydrogens (tertiary/aromatic N) is 2. The molecule has 3 heterocycles. The van der Waals surface area contributed by atoms with Crippen molar-refractivity contribution in [1.82, 2.24) is 10.3 Å². The summed E-state index contributed by atoms with van der Waals surface area (Å²) in [5, 5.41) is 22.1. The van der Waals surface area contributed by atoms with Crippen LogP contribution in [0.15, 0.2) is 52.2 Å². The van der Waals surface area contributed by atoms with Crippen molar-refractivity contribution in [2.45, 2.75) is 25.4 Å². The molecule has 1 aliphatic rings. The maximum atomic E-state index is 13.9. The van der Waals surface area contributed by atoms with E-state index in [1.54, 1.807) is 24.3 Å². The van der Waals surface area contributed by atoms with Gasteiger partial charge >= 0.3 is 7.12 Å². The average Bonchev–Trinajstić information content (AvgIpc) is 3.45. The van der Waals surface area contributed by atoms with Crippen molar-refractivity contribution in [2.75, 3.05) is 14.2 Å². The van der Waals surface area contributed by atoms with Crippen molar-refractivity contribution in [3.63, 3.8) is 0 Å². The highest BCUT2D eigenvalue weighted by Crippen LogP contribution is 2.34. The van der Waals surface area contributed by atoms with Crippen LogP contribution in [0.4, 0.5) is 4.39 Å². The van der Waals surface area contributed by atoms with Gasteiger partial charge in [-0.25, -0.2) is 4.98 Å². The van der Waals surface area contributed by atoms with Gasteiger partial charge in [-0.2, -0.15) is 4.39 Å². The molecule has 0 bridgehead atoms. The zero-order valence-electron chi connectivity index (χ0n) is 18.6. The van der Waals surface area contributed by atoms with Crippen LogP contribution in [0.5, 0.6) is 11.5 Å². The molecule has 1 atom stereocenters. The Morgan fingerprint density at radius 3 is 2.59 bits per heavy atom. The molecule has 0 saturated carbocycles. The molecular formula is C23H23BFN3O6. The van der Waals surface area contributed by atoms with Gasteiger partial charge < -0.3 is 29.3 Å². The molecule has 1 aromatic carbocycles. The van der Waals surface area contributed by atoms with Gasteiger partial charge in [-0.1, -0.05) is 0 Å². The summed E-state index contributed by atoms with van der Waals surface area (Å²) in [5.74, 6) is 0.211. The molecule has 1 aliphatic heterocycles. The fourth-order valence-corrected chi connectivity index (χ4v) is 3.97. The van der Waals surface area contributed by atoms with Crippen LogP contribution < -0.4 is 20.3 Å². The Morgan fingerprint density at radius 2 is 1.97 bits per heavy atom. The number of nitrogens with one attached hydrogen (secondary N) is 1. The molecular weight excluding hydrogens is 444 g/mol. The number of aromatic nitrogens is 1. The molecule has 0 radical (unpaired) electrons. The summed E-state index contributed by atoms with van der Waals surface area (Å²) in [6.45, 7) is 0.245. The molecule has 1 amide bonds. The first-order valence-electron chi connectivity index (χ1n) is 10.5. The molecule has 0 aliphatic carbocycles. The number of methoxy groups -OCH3 is 2. The van der Waals surface area contributed by atoms with Gasteiger partial charge in [0, 0.05) is 23.9 Å². The predicted molar refractivity (Wildman–Crippen MR) is 122 cm³/mol. The lowest BCUT2D eigenvalue weighted by Gasteiger charge is -2.15. The molecule has 34 heavy (non-hydrogen) atoms. The predicted octanol–water partition coefficient (Wildman–Crippen LogP) is 1.30. The Balaban J connectivity index is 1.58. The van der Waals surface area contributed by atoms with Crippen LogP contribution in [0.2, 0.25) is 0 Å². The first kappa shape index (κ1) is 23.5. The zero-order valence-corrected chi connectivity index (χ0v) is 18.6. The maximum Gasteiger partial charge on any atom is 0.496 e. The molecule has 9 nitrogen and oxygen atoms in total. The van der Waals surface area contributed by atoms with Crippen molar-refractivity contribution in [3.05, 3.63) is 71.2 Å². The Morgan fingerprint density at radius 1 is 1.24 bits per heavy atom. The van der Waals surface area contributed by atoms with Crippen LogP contribution in [0.3, 0.4) is 0 Å². The summed E-state index contributed by atoms with van der Waals surface area (Å²) in [6.07, 6.45) is 3.27. The maximum absolute atomic E-state index is 13.9. The van der Waals surface area contributed by atoms with E-state index in [2.05, 4.69) is 10.3 Å². The average molecular weight is 467 g/mol. The monoisotopic (exact) mass is 467 g/mol. The van der Waals surface area contributed by atoms with E-state index < -0.39 is 19.1 Å². The summed E-state index contributed by atoms with van der Waals surface area (Å²) >= 11 is 0. The Hall–Kier alpha value is -3.70. The van der Waals surface area contributed by atoms with E-state index in [4.69, 9.17) is 18.9 Å². The van der Waals surface area contributed by atoms with Crippen LogP contribution in [0.25, 0.3) is 0 Å². The summed E-state index contributed by atoms with van der Waals surface area (Å²) in [7, 11) is 1.05. The van der Waals surface area contributed by atoms with Gasteiger partial charge in [-0.05, 0) is 41.5 Å². The standard InChI is InChI=1S/C23H23BFN3O6/c1-32-19-7-13(8-20(33-2)23(19)24(30)31)6-17-16-12-26-21(25)9-15(16)18(28-17)10-22(29)27-11-14-4-3-5-34-14/h3-5,7-9,12,18,30-31H,6,10-11H2,1-2H3,(H,27,29). The smallest absolute Gasteiger partial charge is 0.496 e. The zero-order chi connectivity index (χ0) is 24.2. The number of ether oxygens (including phenoxy) is 2. The van der Waals surface area contributed by atoms with Crippen LogP contribution >= 0.6 is 0 Å². The number of furan rings is 1. The van der Waals surface area contributed by atoms with Gasteiger partial charge in [-0.15, -0.1) is 0 Å². The van der Waals surface area contributed by atoms with Crippen LogP contribution in [0, 0.1) is 5.95 Å². The van der Waals surface area contributed by atoms with E-state index in [0.717, 1.165) is 5.56 Å². The summed E-state index contributed by atoms with van der Waals surface area (Å²) in [6, 6.07) is 7.52. The van der Waals surface area contributed by atoms with E-state index in [9.17, 15) is 19.2 Å². The number of carbonyl (C=O) groups excluding carboxylic acids is 1. The highest BCUT2D eigenvalue weighted by atomic mass is 19.1. The minimum absolute atomic E-state index is 0.0307. The largest absolute Gasteiger partial charge is 0.497 e. The van der Waals surface area contributed by atoms with E-state index in [0.29, 0.717) is 29.0 Å². The van der Waals surface area contributed by atoms with Gasteiger partial charge in [0.1, 0.15) is 17.3 Å². The molecule has 0 spiro atoms. The van der Waals surface area contributed by atoms with Gasteiger partial charge in [0.2, 0.25) is 11.9 Å². The van der Waals surface area contributed by atoms with Crippen molar-refractivity contribution in [1.29, 1.82) is 0 Å². The van der Waals surface area contributed by atoms with Crippen molar-refractivity contribution < 1.29 is 33.1 Å². The number of halogens is 1. The van der Waals surface area contributed by atoms with Gasteiger partial charge in [0.15, 0.2) is 0 Å². The van der Waals surface area contributed by atoms with Crippen LogP contribution in [-0.4, -0.2) is 48.0 Å². The Kier molecular flexibility index (Phi) is 6.94. The van der Waals surface area contributed by atoms with Gasteiger partial charge in [0.25, 0.3) is 0 Å². The Labute approximate surface area is 195 Å². The third kappa shape index (κ3) is 4.95. The number of amides is 1. The molecule has 0 fully saturated rings. The number of rotatable bonds is 9. The SMILES string of the molecule is COc1cc(CC2=NC(CC(=O)NCc3ccco3)c3cc(F)ncc32)cc(OC)c1B(O)O. The molecule has 4 rings (SSSR count). The number of carbonyl (C=O) groups is 1. The lowest BCUT2D eigenvalue weighted by Crippen LogP contribution is -2.33. The van der Waals surface area contributed by atoms with E-state index in [1.807, 2.05) is 0 Å². The second kappa shape index (κ2) is 10.1. The summed E-state index contributed by atoms with van der Waals surface area (Å²) in [5.41, 5.74) is 2.67. The minimum Gasteiger partial charge on any atom is -0.497 e. The third-order valence-electron chi connectivity index (χ3n) is 5.54. The summed E-state index contributed by atoms with van der Waals surface area (Å²) < 4.78 is 29.8. The Bertz CT molecular complexity index is 1190. The van der Waals surface area contributed by atoms with Gasteiger partial charge in [0.05, 0.1) is 45.0 Å². The first-order chi connectivity index (χ1) is 16.4. The number of hydrogen-bond donors (Lipinski definition) is 3. The van der Waals surface area contributed by atoms with E-state index in [1.165, 1.54) is 32.7 Å². The van der Waals surface area contributed by atoms with Crippen LogP contribution in [-0.2, 0) is 17.8 Å².